The fourth-order valence-corrected chi connectivity index (χ4v) is 2.76. The Morgan fingerprint density at radius 2 is 1.90 bits per heavy atom. The first-order valence-corrected chi connectivity index (χ1v) is 8.14. The number of nitrogens with zero attached hydrogens (tertiary/aromatic N) is 1. The highest BCUT2D eigenvalue weighted by Crippen LogP contribution is 2.28. The maximum atomic E-state index is 6.46. The van der Waals surface area contributed by atoms with Crippen molar-refractivity contribution in [2.45, 2.75) is 59.0 Å². The van der Waals surface area contributed by atoms with Gasteiger partial charge in [-0.3, -0.25) is 0 Å². The highest BCUT2D eigenvalue weighted by molar-refractivity contribution is 6.31. The van der Waals surface area contributed by atoms with Gasteiger partial charge in [-0.15, -0.1) is 0 Å². The number of halogens is 1. The van der Waals surface area contributed by atoms with E-state index < -0.39 is 0 Å². The lowest BCUT2D eigenvalue weighted by Gasteiger charge is -2.27. The summed E-state index contributed by atoms with van der Waals surface area (Å²) in [5.41, 5.74) is 2.38. The molecule has 0 saturated carbocycles. The van der Waals surface area contributed by atoms with Crippen molar-refractivity contribution in [2.24, 2.45) is 0 Å². The second-order valence-corrected chi connectivity index (χ2v) is 6.04. The first-order chi connectivity index (χ1) is 9.51. The van der Waals surface area contributed by atoms with Crippen LogP contribution in [0.5, 0.6) is 0 Å². The van der Waals surface area contributed by atoms with E-state index in [0.29, 0.717) is 12.1 Å². The molecule has 0 radical (unpaired) electrons. The molecule has 2 nitrogen and oxygen atoms in total. The van der Waals surface area contributed by atoms with Crippen molar-refractivity contribution in [2.75, 3.05) is 18.5 Å². The van der Waals surface area contributed by atoms with Crippen molar-refractivity contribution in [1.29, 1.82) is 0 Å². The maximum Gasteiger partial charge on any atom is 0.0474 e. The molecule has 0 aliphatic heterocycles. The number of rotatable bonds is 8. The van der Waals surface area contributed by atoms with E-state index in [4.69, 9.17) is 11.6 Å². The summed E-state index contributed by atoms with van der Waals surface area (Å²) in [6.45, 7) is 9.85. The van der Waals surface area contributed by atoms with Gasteiger partial charge in [0.05, 0.1) is 0 Å². The Hall–Kier alpha value is -0.730. The number of hydrogen-bond donors (Lipinski definition) is 1. The highest BCUT2D eigenvalue weighted by Gasteiger charge is 2.13. The summed E-state index contributed by atoms with van der Waals surface area (Å²) < 4.78 is 0. The SMILES string of the molecule is CCCNC(C)c1ccc(N(C)C(C)CCC)cc1Cl. The fourth-order valence-electron chi connectivity index (χ4n) is 2.42. The van der Waals surface area contributed by atoms with Gasteiger partial charge in [0.2, 0.25) is 0 Å². The van der Waals surface area contributed by atoms with Gasteiger partial charge in [-0.25, -0.2) is 0 Å². The molecule has 0 aromatic heterocycles. The number of anilines is 1. The Morgan fingerprint density at radius 3 is 2.45 bits per heavy atom. The van der Waals surface area contributed by atoms with Gasteiger partial charge < -0.3 is 10.2 Å². The fraction of sp³-hybridized carbons (Fsp3) is 0.647. The Kier molecular flexibility index (Phi) is 7.39. The summed E-state index contributed by atoms with van der Waals surface area (Å²) in [6, 6.07) is 7.26. The molecular weight excluding hydrogens is 268 g/mol. The Morgan fingerprint density at radius 1 is 1.20 bits per heavy atom. The van der Waals surface area contributed by atoms with E-state index in [2.05, 4.69) is 63.2 Å². The summed E-state index contributed by atoms with van der Waals surface area (Å²) in [5.74, 6) is 0. The molecule has 0 saturated heterocycles. The predicted octanol–water partition coefficient (Wildman–Crippen LogP) is 5.03. The van der Waals surface area contributed by atoms with Crippen molar-refractivity contribution in [3.05, 3.63) is 28.8 Å². The number of hydrogen-bond acceptors (Lipinski definition) is 2. The molecule has 0 bridgehead atoms. The summed E-state index contributed by atoms with van der Waals surface area (Å²) in [4.78, 5) is 2.31. The van der Waals surface area contributed by atoms with Crippen LogP contribution in [0.2, 0.25) is 5.02 Å². The van der Waals surface area contributed by atoms with E-state index in [-0.39, 0.29) is 0 Å². The van der Waals surface area contributed by atoms with Crippen LogP contribution in [-0.4, -0.2) is 19.6 Å². The molecule has 0 fully saturated rings. The van der Waals surface area contributed by atoms with E-state index in [1.165, 1.54) is 24.1 Å². The van der Waals surface area contributed by atoms with E-state index in [9.17, 15) is 0 Å². The van der Waals surface area contributed by atoms with Crippen molar-refractivity contribution >= 4 is 17.3 Å². The monoisotopic (exact) mass is 296 g/mol. The summed E-state index contributed by atoms with van der Waals surface area (Å²) in [5, 5.41) is 4.34. The lowest BCUT2D eigenvalue weighted by Crippen LogP contribution is -2.28. The van der Waals surface area contributed by atoms with Gasteiger partial charge in [0.15, 0.2) is 0 Å². The molecule has 1 aromatic carbocycles. The van der Waals surface area contributed by atoms with Crippen LogP contribution in [0.4, 0.5) is 5.69 Å². The maximum absolute atomic E-state index is 6.46. The van der Waals surface area contributed by atoms with Crippen molar-refractivity contribution < 1.29 is 0 Å². The minimum atomic E-state index is 0.301. The van der Waals surface area contributed by atoms with Crippen LogP contribution in [0.1, 0.15) is 58.6 Å². The molecule has 1 aromatic rings. The van der Waals surface area contributed by atoms with Crippen LogP contribution in [0.3, 0.4) is 0 Å². The Balaban J connectivity index is 2.81. The normalized spacial score (nSPS) is 14.1. The molecular formula is C17H29ClN2. The molecule has 1 N–H and O–H groups in total. The van der Waals surface area contributed by atoms with Crippen molar-refractivity contribution in [3.8, 4) is 0 Å². The van der Waals surface area contributed by atoms with Gasteiger partial charge in [0.25, 0.3) is 0 Å². The zero-order valence-corrected chi connectivity index (χ0v) is 14.3. The smallest absolute Gasteiger partial charge is 0.0474 e. The second kappa shape index (κ2) is 8.53. The first-order valence-electron chi connectivity index (χ1n) is 7.76. The largest absolute Gasteiger partial charge is 0.372 e. The van der Waals surface area contributed by atoms with E-state index in [1.54, 1.807) is 0 Å². The highest BCUT2D eigenvalue weighted by atomic mass is 35.5. The molecule has 2 unspecified atom stereocenters. The lowest BCUT2D eigenvalue weighted by atomic mass is 10.1. The van der Waals surface area contributed by atoms with E-state index >= 15 is 0 Å². The van der Waals surface area contributed by atoms with E-state index in [0.717, 1.165) is 18.0 Å². The zero-order chi connectivity index (χ0) is 15.1. The van der Waals surface area contributed by atoms with Gasteiger partial charge in [0, 0.05) is 29.8 Å². The second-order valence-electron chi connectivity index (χ2n) is 5.63. The minimum absolute atomic E-state index is 0.301. The molecule has 0 aliphatic rings. The topological polar surface area (TPSA) is 15.3 Å². The van der Waals surface area contributed by atoms with Crippen LogP contribution in [0.15, 0.2) is 18.2 Å². The van der Waals surface area contributed by atoms with E-state index in [1.807, 2.05) is 0 Å². The van der Waals surface area contributed by atoms with Crippen LogP contribution < -0.4 is 10.2 Å². The molecule has 20 heavy (non-hydrogen) atoms. The predicted molar refractivity (Wildman–Crippen MR) is 90.9 cm³/mol. The third kappa shape index (κ3) is 4.68. The molecule has 0 spiro atoms. The lowest BCUT2D eigenvalue weighted by molar-refractivity contribution is 0.570. The standard InChI is InChI=1S/C17H29ClN2/c1-6-8-13(3)20(5)15-9-10-16(17(18)12-15)14(4)19-11-7-2/h9-10,12-14,19H,6-8,11H2,1-5H3. The van der Waals surface area contributed by atoms with Crippen molar-refractivity contribution in [3.63, 3.8) is 0 Å². The zero-order valence-electron chi connectivity index (χ0n) is 13.5. The third-order valence-electron chi connectivity index (χ3n) is 3.93. The molecule has 2 atom stereocenters. The number of nitrogens with one attached hydrogen (secondary N) is 1. The van der Waals surface area contributed by atoms with Gasteiger partial charge >= 0.3 is 0 Å². The van der Waals surface area contributed by atoms with Crippen LogP contribution in [0, 0.1) is 0 Å². The molecule has 114 valence electrons. The Bertz CT molecular complexity index is 406. The third-order valence-corrected chi connectivity index (χ3v) is 4.25. The van der Waals surface area contributed by atoms with Crippen LogP contribution >= 0.6 is 11.6 Å². The van der Waals surface area contributed by atoms with Crippen LogP contribution in [-0.2, 0) is 0 Å². The average Bonchev–Trinajstić information content (AvgIpc) is 2.44. The molecule has 0 aliphatic carbocycles. The Labute approximate surface area is 129 Å². The van der Waals surface area contributed by atoms with Gasteiger partial charge in [0.1, 0.15) is 0 Å². The van der Waals surface area contributed by atoms with Crippen LogP contribution in [0.25, 0.3) is 0 Å². The number of benzene rings is 1. The summed E-state index contributed by atoms with van der Waals surface area (Å²) >= 11 is 6.46. The minimum Gasteiger partial charge on any atom is -0.372 e. The molecule has 1 rings (SSSR count). The quantitative estimate of drug-likeness (QED) is 0.724. The molecule has 0 amide bonds. The van der Waals surface area contributed by atoms with Crippen molar-refractivity contribution in [1.82, 2.24) is 5.32 Å². The summed E-state index contributed by atoms with van der Waals surface area (Å²) in [6.07, 6.45) is 3.54. The first kappa shape index (κ1) is 17.3. The summed E-state index contributed by atoms with van der Waals surface area (Å²) in [7, 11) is 2.14. The molecule has 3 heteroatoms. The molecule has 0 heterocycles. The van der Waals surface area contributed by atoms with Gasteiger partial charge in [-0.2, -0.15) is 0 Å². The van der Waals surface area contributed by atoms with Gasteiger partial charge in [-0.05, 0) is 50.9 Å². The van der Waals surface area contributed by atoms with Gasteiger partial charge in [-0.1, -0.05) is 37.9 Å². The average molecular weight is 297 g/mol.